The van der Waals surface area contributed by atoms with Crippen molar-refractivity contribution in [2.24, 2.45) is 0 Å². The zero-order chi connectivity index (χ0) is 14.8. The fourth-order valence-electron chi connectivity index (χ4n) is 1.76. The highest BCUT2D eigenvalue weighted by atomic mass is 32.2. The van der Waals surface area contributed by atoms with Gasteiger partial charge in [-0.1, -0.05) is 0 Å². The molecule has 7 heteroatoms. The van der Waals surface area contributed by atoms with E-state index in [2.05, 4.69) is 10.4 Å². The van der Waals surface area contributed by atoms with Crippen LogP contribution in [0.25, 0.3) is 0 Å². The van der Waals surface area contributed by atoms with Crippen molar-refractivity contribution in [1.82, 2.24) is 9.78 Å². The number of rotatable bonds is 4. The van der Waals surface area contributed by atoms with Gasteiger partial charge in [-0.15, -0.1) is 0 Å². The van der Waals surface area contributed by atoms with E-state index in [9.17, 15) is 13.2 Å². The number of amides is 1. The van der Waals surface area contributed by atoms with Gasteiger partial charge < -0.3 is 5.32 Å². The maximum absolute atomic E-state index is 12.0. The Hall–Kier alpha value is -2.15. The van der Waals surface area contributed by atoms with Gasteiger partial charge in [0.05, 0.1) is 4.90 Å². The molecule has 0 fully saturated rings. The molecule has 0 unspecified atom stereocenters. The summed E-state index contributed by atoms with van der Waals surface area (Å²) in [5, 5.41) is 6.72. The van der Waals surface area contributed by atoms with E-state index in [4.69, 9.17) is 0 Å². The SMILES string of the molecule is CCn1nccc1C(=O)Nc1ccc(S(C)(=O)=O)cc1. The largest absolute Gasteiger partial charge is 0.321 e. The normalized spacial score (nSPS) is 11.3. The second-order valence-electron chi connectivity index (χ2n) is 4.28. The van der Waals surface area contributed by atoms with E-state index < -0.39 is 9.84 Å². The summed E-state index contributed by atoms with van der Waals surface area (Å²) in [6, 6.07) is 7.66. The van der Waals surface area contributed by atoms with E-state index >= 15 is 0 Å². The van der Waals surface area contributed by atoms with E-state index in [-0.39, 0.29) is 10.8 Å². The van der Waals surface area contributed by atoms with Gasteiger partial charge in [-0.2, -0.15) is 5.10 Å². The van der Waals surface area contributed by atoms with E-state index in [0.29, 0.717) is 17.9 Å². The minimum atomic E-state index is -3.23. The average Bonchev–Trinajstić information content (AvgIpc) is 2.86. The van der Waals surface area contributed by atoms with E-state index in [0.717, 1.165) is 6.26 Å². The molecule has 1 aromatic heterocycles. The number of benzene rings is 1. The summed E-state index contributed by atoms with van der Waals surface area (Å²) < 4.78 is 24.3. The maximum atomic E-state index is 12.0. The smallest absolute Gasteiger partial charge is 0.273 e. The molecule has 0 radical (unpaired) electrons. The number of nitrogens with zero attached hydrogens (tertiary/aromatic N) is 2. The zero-order valence-electron chi connectivity index (χ0n) is 11.2. The number of aryl methyl sites for hydroxylation is 1. The van der Waals surface area contributed by atoms with Gasteiger partial charge in [0.1, 0.15) is 5.69 Å². The molecule has 2 rings (SSSR count). The Bertz CT molecular complexity index is 718. The number of aromatic nitrogens is 2. The van der Waals surface area contributed by atoms with Crippen molar-refractivity contribution >= 4 is 21.4 Å². The predicted octanol–water partition coefficient (Wildman–Crippen LogP) is 1.56. The molecule has 0 aliphatic heterocycles. The van der Waals surface area contributed by atoms with Crippen LogP contribution in [0.4, 0.5) is 5.69 Å². The second kappa shape index (κ2) is 5.46. The first kappa shape index (κ1) is 14.3. The van der Waals surface area contributed by atoms with Crippen LogP contribution in [0.5, 0.6) is 0 Å². The quantitative estimate of drug-likeness (QED) is 0.927. The number of carbonyl (C=O) groups excluding carboxylic acids is 1. The first-order chi connectivity index (χ1) is 9.41. The number of carbonyl (C=O) groups is 1. The molecule has 106 valence electrons. The molecular weight excluding hydrogens is 278 g/mol. The Morgan fingerprint density at radius 1 is 1.25 bits per heavy atom. The van der Waals surface area contributed by atoms with Crippen LogP contribution in [-0.2, 0) is 16.4 Å². The van der Waals surface area contributed by atoms with Crippen LogP contribution in [0.3, 0.4) is 0 Å². The van der Waals surface area contributed by atoms with Crippen molar-refractivity contribution < 1.29 is 13.2 Å². The molecule has 2 aromatic rings. The van der Waals surface area contributed by atoms with Gasteiger partial charge in [0.15, 0.2) is 9.84 Å². The predicted molar refractivity (Wildman–Crippen MR) is 75.4 cm³/mol. The first-order valence-corrected chi connectivity index (χ1v) is 7.94. The van der Waals surface area contributed by atoms with Gasteiger partial charge in [0.2, 0.25) is 0 Å². The molecule has 0 saturated heterocycles. The summed E-state index contributed by atoms with van der Waals surface area (Å²) in [4.78, 5) is 12.3. The second-order valence-corrected chi connectivity index (χ2v) is 6.30. The molecule has 0 aliphatic rings. The summed E-state index contributed by atoms with van der Waals surface area (Å²) in [5.74, 6) is -0.281. The lowest BCUT2D eigenvalue weighted by atomic mass is 10.3. The van der Waals surface area contributed by atoms with Gasteiger partial charge in [-0.25, -0.2) is 8.42 Å². The van der Waals surface area contributed by atoms with Crippen molar-refractivity contribution in [2.45, 2.75) is 18.4 Å². The fraction of sp³-hybridized carbons (Fsp3) is 0.231. The summed E-state index contributed by atoms with van der Waals surface area (Å²) in [5.41, 5.74) is 0.992. The molecule has 0 spiro atoms. The Morgan fingerprint density at radius 3 is 2.45 bits per heavy atom. The van der Waals surface area contributed by atoms with Crippen LogP contribution in [0.1, 0.15) is 17.4 Å². The minimum Gasteiger partial charge on any atom is -0.321 e. The van der Waals surface area contributed by atoms with Crippen LogP contribution < -0.4 is 5.32 Å². The van der Waals surface area contributed by atoms with Crippen LogP contribution in [0.15, 0.2) is 41.4 Å². The Morgan fingerprint density at radius 2 is 1.90 bits per heavy atom. The number of nitrogens with one attached hydrogen (secondary N) is 1. The highest BCUT2D eigenvalue weighted by molar-refractivity contribution is 7.90. The average molecular weight is 293 g/mol. The molecular formula is C13H15N3O3S. The van der Waals surface area contributed by atoms with Gasteiger partial charge in [-0.3, -0.25) is 9.48 Å². The Balaban J connectivity index is 2.17. The molecule has 1 aromatic carbocycles. The lowest BCUT2D eigenvalue weighted by molar-refractivity contribution is 0.101. The summed E-state index contributed by atoms with van der Waals surface area (Å²) >= 11 is 0. The molecule has 1 N–H and O–H groups in total. The third-order valence-electron chi connectivity index (χ3n) is 2.79. The van der Waals surface area contributed by atoms with Gasteiger partial charge in [-0.05, 0) is 37.3 Å². The fourth-order valence-corrected chi connectivity index (χ4v) is 2.39. The summed E-state index contributed by atoms with van der Waals surface area (Å²) in [7, 11) is -3.23. The van der Waals surface area contributed by atoms with Crippen molar-refractivity contribution in [3.05, 3.63) is 42.2 Å². The number of hydrogen-bond acceptors (Lipinski definition) is 4. The summed E-state index contributed by atoms with van der Waals surface area (Å²) in [6.45, 7) is 2.49. The molecule has 6 nitrogen and oxygen atoms in total. The molecule has 0 atom stereocenters. The maximum Gasteiger partial charge on any atom is 0.273 e. The molecule has 0 aliphatic carbocycles. The van der Waals surface area contributed by atoms with Crippen LogP contribution >= 0.6 is 0 Å². The molecule has 1 amide bonds. The third-order valence-corrected chi connectivity index (χ3v) is 3.92. The topological polar surface area (TPSA) is 81.1 Å². The molecule has 0 bridgehead atoms. The van der Waals surface area contributed by atoms with Crippen LogP contribution in [0.2, 0.25) is 0 Å². The third kappa shape index (κ3) is 3.05. The number of hydrogen-bond donors (Lipinski definition) is 1. The minimum absolute atomic E-state index is 0.217. The van der Waals surface area contributed by atoms with Crippen LogP contribution in [-0.4, -0.2) is 30.4 Å². The van der Waals surface area contributed by atoms with Crippen LogP contribution in [0, 0.1) is 0 Å². The van der Waals surface area contributed by atoms with Gasteiger partial charge in [0.25, 0.3) is 5.91 Å². The highest BCUT2D eigenvalue weighted by Crippen LogP contribution is 2.14. The van der Waals surface area contributed by atoms with Crippen molar-refractivity contribution in [1.29, 1.82) is 0 Å². The number of sulfone groups is 1. The lowest BCUT2D eigenvalue weighted by Crippen LogP contribution is -2.17. The van der Waals surface area contributed by atoms with Crippen molar-refractivity contribution in [3.8, 4) is 0 Å². The lowest BCUT2D eigenvalue weighted by Gasteiger charge is -2.07. The van der Waals surface area contributed by atoms with Gasteiger partial charge in [0, 0.05) is 24.7 Å². The van der Waals surface area contributed by atoms with E-state index in [1.165, 1.54) is 12.1 Å². The molecule has 20 heavy (non-hydrogen) atoms. The Kier molecular flexibility index (Phi) is 3.89. The monoisotopic (exact) mass is 293 g/mol. The van der Waals surface area contributed by atoms with E-state index in [1.54, 1.807) is 29.1 Å². The zero-order valence-corrected chi connectivity index (χ0v) is 12.0. The molecule has 0 saturated carbocycles. The number of anilines is 1. The standard InChI is InChI=1S/C13H15N3O3S/c1-3-16-12(8-9-14-16)13(17)15-10-4-6-11(7-5-10)20(2,18)19/h4-9H,3H2,1-2H3,(H,15,17). The summed E-state index contributed by atoms with van der Waals surface area (Å²) in [6.07, 6.45) is 2.70. The molecule has 1 heterocycles. The van der Waals surface area contributed by atoms with Gasteiger partial charge >= 0.3 is 0 Å². The highest BCUT2D eigenvalue weighted by Gasteiger charge is 2.12. The van der Waals surface area contributed by atoms with Crippen molar-refractivity contribution in [3.63, 3.8) is 0 Å². The Labute approximate surface area is 117 Å². The first-order valence-electron chi connectivity index (χ1n) is 6.05. The van der Waals surface area contributed by atoms with Crippen molar-refractivity contribution in [2.75, 3.05) is 11.6 Å². The van der Waals surface area contributed by atoms with E-state index in [1.807, 2.05) is 6.92 Å².